The minimum Gasteiger partial charge on any atom is -0.493 e. The summed E-state index contributed by atoms with van der Waals surface area (Å²) >= 11 is 6.44. The Morgan fingerprint density at radius 1 is 0.958 bits per heavy atom. The minimum atomic E-state index is -0.392. The number of anilines is 1. The standard InChI is InChI=1S/C37H41ClN4O6/c1-20(43)40-27-15-13-21-18-31(46-2)36(47-3)37(48-4)33(21)22-14-16-28(30(44)19-25(22)27)39-17-7-12-32(45)41-29-11-6-9-24-23-8-5-10-26(38)34(23)42-35(24)29/h5,8,10,14,16,18-19,27,29,42H,6-7,9,11-13,15,17H2,1-4H3,(H,39,44)(H,40,43)(H,41,45)/t27-,29?/m1/s1. The summed E-state index contributed by atoms with van der Waals surface area (Å²) in [7, 11) is 4.70. The Labute approximate surface area is 284 Å². The third-order valence-electron chi connectivity index (χ3n) is 9.34. The van der Waals surface area contributed by atoms with Crippen LogP contribution in [0.2, 0.25) is 5.02 Å². The summed E-state index contributed by atoms with van der Waals surface area (Å²) in [6, 6.07) is 12.6. The fraction of sp³-hybridized carbons (Fsp3) is 0.378. The number of hydrogen-bond acceptors (Lipinski definition) is 7. The molecule has 0 bridgehead atoms. The number of hydrogen-bond donors (Lipinski definition) is 4. The van der Waals surface area contributed by atoms with Crippen LogP contribution in [0.25, 0.3) is 22.0 Å². The molecule has 0 saturated carbocycles. The molecule has 0 radical (unpaired) electrons. The first kappa shape index (κ1) is 33.2. The Morgan fingerprint density at radius 2 is 1.77 bits per heavy atom. The molecule has 0 aliphatic heterocycles. The van der Waals surface area contributed by atoms with Crippen LogP contribution in [0.1, 0.15) is 73.5 Å². The fourth-order valence-corrected chi connectivity index (χ4v) is 7.41. The normalized spacial score (nSPS) is 16.5. The summed E-state index contributed by atoms with van der Waals surface area (Å²) < 4.78 is 17.1. The summed E-state index contributed by atoms with van der Waals surface area (Å²) in [6.45, 7) is 1.90. The number of halogens is 1. The lowest BCUT2D eigenvalue weighted by atomic mass is 9.91. The van der Waals surface area contributed by atoms with Crippen molar-refractivity contribution in [3.05, 3.63) is 80.1 Å². The predicted molar refractivity (Wildman–Crippen MR) is 188 cm³/mol. The van der Waals surface area contributed by atoms with E-state index in [-0.39, 0.29) is 23.3 Å². The summed E-state index contributed by atoms with van der Waals surface area (Å²) in [5.74, 6) is 1.26. The molecule has 4 N–H and O–H groups in total. The fourth-order valence-electron chi connectivity index (χ4n) is 7.19. The molecule has 2 aliphatic rings. The molecule has 48 heavy (non-hydrogen) atoms. The highest BCUT2D eigenvalue weighted by Gasteiger charge is 2.30. The van der Waals surface area contributed by atoms with E-state index in [1.807, 2.05) is 24.3 Å². The zero-order valence-electron chi connectivity index (χ0n) is 27.7. The average Bonchev–Trinajstić information content (AvgIpc) is 3.31. The second kappa shape index (κ2) is 14.2. The second-order valence-electron chi connectivity index (χ2n) is 12.3. The number of H-pyrrole nitrogens is 1. The van der Waals surface area contributed by atoms with Crippen LogP contribution in [0.5, 0.6) is 17.2 Å². The first-order valence-electron chi connectivity index (χ1n) is 16.3. The van der Waals surface area contributed by atoms with Crippen molar-refractivity contribution >= 4 is 40.0 Å². The maximum atomic E-state index is 13.6. The zero-order chi connectivity index (χ0) is 33.9. The van der Waals surface area contributed by atoms with E-state index in [2.05, 4.69) is 27.0 Å². The number of nitrogens with one attached hydrogen (secondary N) is 4. The first-order valence-corrected chi connectivity index (χ1v) is 16.7. The molecule has 11 heteroatoms. The van der Waals surface area contributed by atoms with Crippen LogP contribution in [0, 0.1) is 0 Å². The largest absolute Gasteiger partial charge is 0.493 e. The zero-order valence-corrected chi connectivity index (χ0v) is 28.4. The number of benzene rings is 2. The van der Waals surface area contributed by atoms with Crippen LogP contribution < -0.4 is 35.6 Å². The van der Waals surface area contributed by atoms with Gasteiger partial charge in [0, 0.05) is 36.5 Å². The molecule has 3 aromatic carbocycles. The van der Waals surface area contributed by atoms with E-state index in [0.717, 1.165) is 52.5 Å². The SMILES string of the molecule is COc1cc2c(c(OC)c1OC)-c1ccc(NCCCC(=O)NC3CCCc4c3[nH]c3c(Cl)cccc43)c(=O)cc1[C@H](NC(C)=O)CC2. The summed E-state index contributed by atoms with van der Waals surface area (Å²) in [5.41, 5.74) is 6.56. The maximum Gasteiger partial charge on any atom is 0.220 e. The smallest absolute Gasteiger partial charge is 0.220 e. The van der Waals surface area contributed by atoms with Crippen molar-refractivity contribution in [1.29, 1.82) is 0 Å². The number of aryl methyl sites for hydroxylation is 2. The van der Waals surface area contributed by atoms with Crippen molar-refractivity contribution in [3.63, 3.8) is 0 Å². The molecule has 6 rings (SSSR count). The number of rotatable bonds is 10. The van der Waals surface area contributed by atoms with Gasteiger partial charge in [-0.25, -0.2) is 0 Å². The van der Waals surface area contributed by atoms with Crippen LogP contribution in [0.4, 0.5) is 5.69 Å². The van der Waals surface area contributed by atoms with Crippen molar-refractivity contribution in [2.24, 2.45) is 0 Å². The molecule has 252 valence electrons. The van der Waals surface area contributed by atoms with Crippen molar-refractivity contribution in [2.45, 2.75) is 64.0 Å². The number of amides is 2. The van der Waals surface area contributed by atoms with Crippen LogP contribution in [0.15, 0.2) is 47.3 Å². The molecule has 4 aromatic rings. The van der Waals surface area contributed by atoms with Gasteiger partial charge in [0.1, 0.15) is 0 Å². The second-order valence-corrected chi connectivity index (χ2v) is 12.7. The van der Waals surface area contributed by atoms with E-state index in [1.54, 1.807) is 33.5 Å². The number of methoxy groups -OCH3 is 3. The van der Waals surface area contributed by atoms with E-state index in [9.17, 15) is 14.4 Å². The van der Waals surface area contributed by atoms with Gasteiger partial charge in [0.15, 0.2) is 11.5 Å². The topological polar surface area (TPSA) is 131 Å². The van der Waals surface area contributed by atoms with Gasteiger partial charge >= 0.3 is 0 Å². The maximum absolute atomic E-state index is 13.6. The van der Waals surface area contributed by atoms with Crippen LogP contribution in [0.3, 0.4) is 0 Å². The molecule has 2 aliphatic carbocycles. The molecule has 0 spiro atoms. The lowest BCUT2D eigenvalue weighted by Gasteiger charge is -2.24. The summed E-state index contributed by atoms with van der Waals surface area (Å²) in [6.07, 6.45) is 4.83. The van der Waals surface area contributed by atoms with Crippen molar-refractivity contribution in [1.82, 2.24) is 15.6 Å². The molecule has 1 heterocycles. The Bertz CT molecular complexity index is 1940. The van der Waals surface area contributed by atoms with Gasteiger partial charge in [-0.1, -0.05) is 29.8 Å². The molecule has 2 amide bonds. The third kappa shape index (κ3) is 6.41. The molecule has 2 atom stereocenters. The highest BCUT2D eigenvalue weighted by molar-refractivity contribution is 6.35. The molecule has 10 nitrogen and oxygen atoms in total. The molecule has 1 unspecified atom stereocenters. The molecular formula is C37H41ClN4O6. The van der Waals surface area contributed by atoms with Gasteiger partial charge in [-0.05, 0) is 85.0 Å². The van der Waals surface area contributed by atoms with Gasteiger partial charge in [0.2, 0.25) is 23.0 Å². The monoisotopic (exact) mass is 672 g/mol. The van der Waals surface area contributed by atoms with Crippen molar-refractivity contribution in [3.8, 4) is 28.4 Å². The summed E-state index contributed by atoms with van der Waals surface area (Å²) in [4.78, 5) is 42.3. The lowest BCUT2D eigenvalue weighted by molar-refractivity contribution is -0.122. The summed E-state index contributed by atoms with van der Waals surface area (Å²) in [5, 5.41) is 11.3. The van der Waals surface area contributed by atoms with E-state index in [0.29, 0.717) is 65.8 Å². The van der Waals surface area contributed by atoms with Crippen LogP contribution in [-0.4, -0.2) is 44.7 Å². The Hall–Kier alpha value is -4.70. The highest BCUT2D eigenvalue weighted by atomic mass is 35.5. The number of aromatic amines is 1. The van der Waals surface area contributed by atoms with Crippen LogP contribution >= 0.6 is 11.6 Å². The highest BCUT2D eigenvalue weighted by Crippen LogP contribution is 2.50. The number of ether oxygens (including phenoxy) is 3. The van der Waals surface area contributed by atoms with Gasteiger partial charge in [-0.3, -0.25) is 14.4 Å². The quantitative estimate of drug-likeness (QED) is 0.144. The van der Waals surface area contributed by atoms with Crippen molar-refractivity contribution in [2.75, 3.05) is 33.2 Å². The van der Waals surface area contributed by atoms with Gasteiger partial charge in [-0.2, -0.15) is 0 Å². The van der Waals surface area contributed by atoms with E-state index in [4.69, 9.17) is 25.8 Å². The molecular weight excluding hydrogens is 632 g/mol. The van der Waals surface area contributed by atoms with E-state index in [1.165, 1.54) is 12.5 Å². The average molecular weight is 673 g/mol. The predicted octanol–water partition coefficient (Wildman–Crippen LogP) is 6.38. The first-order chi connectivity index (χ1) is 23.2. The van der Waals surface area contributed by atoms with Gasteiger partial charge < -0.3 is 35.1 Å². The molecule has 0 saturated heterocycles. The molecule has 1 aromatic heterocycles. The van der Waals surface area contributed by atoms with Gasteiger partial charge in [-0.15, -0.1) is 0 Å². The van der Waals surface area contributed by atoms with E-state index >= 15 is 0 Å². The van der Waals surface area contributed by atoms with Crippen LogP contribution in [-0.2, 0) is 22.4 Å². The minimum absolute atomic E-state index is 0.0432. The van der Waals surface area contributed by atoms with Gasteiger partial charge in [0.25, 0.3) is 0 Å². The molecule has 0 fully saturated rings. The Balaban J connectivity index is 1.20. The van der Waals surface area contributed by atoms with Crippen molar-refractivity contribution < 1.29 is 23.8 Å². The van der Waals surface area contributed by atoms with E-state index < -0.39 is 6.04 Å². The number of aromatic nitrogens is 1. The third-order valence-corrected chi connectivity index (χ3v) is 9.65. The lowest BCUT2D eigenvalue weighted by Crippen LogP contribution is -2.31. The number of para-hydroxylation sites is 1. The number of carbonyl (C=O) groups excluding carboxylic acids is 2. The Kier molecular flexibility index (Phi) is 9.82. The number of carbonyl (C=O) groups is 2. The number of fused-ring (bicyclic) bond motifs is 6. The van der Waals surface area contributed by atoms with Gasteiger partial charge in [0.05, 0.1) is 49.6 Å². The Morgan fingerprint density at radius 3 is 2.52 bits per heavy atom.